The van der Waals surface area contributed by atoms with Crippen molar-refractivity contribution in [3.8, 4) is 11.5 Å². The van der Waals surface area contributed by atoms with Crippen LogP contribution in [0.5, 0.6) is 11.5 Å². The van der Waals surface area contributed by atoms with Crippen LogP contribution in [0.2, 0.25) is 0 Å². The number of azo groups is 1. The predicted molar refractivity (Wildman–Crippen MR) is 124 cm³/mol. The number of halogens is 1. The van der Waals surface area contributed by atoms with Crippen LogP contribution in [0.25, 0.3) is 0 Å². The Hall–Kier alpha value is -3.52. The van der Waals surface area contributed by atoms with E-state index in [2.05, 4.69) is 36.7 Å². The molecule has 0 heterocycles. The summed E-state index contributed by atoms with van der Waals surface area (Å²) >= 11 is 3.38. The number of phenols is 1. The van der Waals surface area contributed by atoms with Crippen LogP contribution >= 0.6 is 15.9 Å². The number of hydrogen-bond acceptors (Lipinski definition) is 6. The lowest BCUT2D eigenvalue weighted by atomic mass is 10.1. The number of carbonyl (C=O) groups is 1. The molecule has 0 aliphatic carbocycles. The molecule has 1 amide bonds. The third-order valence-electron chi connectivity index (χ3n) is 4.34. The number of carbonyl (C=O) groups excluding carboxylic acids is 1. The minimum atomic E-state index is -0.417. The average molecular weight is 481 g/mol. The highest BCUT2D eigenvalue weighted by atomic mass is 79.9. The Morgan fingerprint density at radius 2 is 1.81 bits per heavy atom. The second kappa shape index (κ2) is 10.5. The van der Waals surface area contributed by atoms with Crippen molar-refractivity contribution >= 4 is 39.4 Å². The first-order valence-electron chi connectivity index (χ1n) is 9.43. The van der Waals surface area contributed by atoms with Crippen LogP contribution < -0.4 is 10.2 Å². The Labute approximate surface area is 188 Å². The molecule has 0 aliphatic rings. The molecule has 158 valence electrons. The van der Waals surface area contributed by atoms with E-state index in [0.29, 0.717) is 22.7 Å². The summed E-state index contributed by atoms with van der Waals surface area (Å²) < 4.78 is 6.37. The molecule has 8 heteroatoms. The highest BCUT2D eigenvalue weighted by molar-refractivity contribution is 9.10. The Bertz CT molecular complexity index is 1150. The fourth-order valence-electron chi connectivity index (χ4n) is 2.52. The van der Waals surface area contributed by atoms with Gasteiger partial charge in [0.25, 0.3) is 5.91 Å². The van der Waals surface area contributed by atoms with E-state index in [9.17, 15) is 9.90 Å². The van der Waals surface area contributed by atoms with Gasteiger partial charge < -0.3 is 9.84 Å². The molecular weight excluding hydrogens is 460 g/mol. The highest BCUT2D eigenvalue weighted by Crippen LogP contribution is 2.25. The molecule has 31 heavy (non-hydrogen) atoms. The fraction of sp³-hybridized carbons (Fsp3) is 0.130. The van der Waals surface area contributed by atoms with Gasteiger partial charge in [-0.25, -0.2) is 5.43 Å². The van der Waals surface area contributed by atoms with Gasteiger partial charge in [0.15, 0.2) is 6.61 Å². The van der Waals surface area contributed by atoms with Gasteiger partial charge in [0.05, 0.1) is 17.6 Å². The van der Waals surface area contributed by atoms with Gasteiger partial charge in [-0.15, -0.1) is 0 Å². The molecule has 0 bridgehead atoms. The minimum absolute atomic E-state index is 0.00536. The molecule has 0 aromatic heterocycles. The molecule has 0 saturated heterocycles. The van der Waals surface area contributed by atoms with Crippen molar-refractivity contribution in [2.75, 3.05) is 6.61 Å². The minimum Gasteiger partial charge on any atom is -0.507 e. The molecule has 0 fully saturated rings. The molecule has 0 aliphatic heterocycles. The SMILES string of the molecule is Cc1ccc(OCC(=O)N/N=C/c2cc(N=Nc3cccc(Br)c3)ccc2O)cc1C. The van der Waals surface area contributed by atoms with E-state index in [-0.39, 0.29) is 12.4 Å². The number of amides is 1. The molecule has 0 spiro atoms. The Kier molecular flexibility index (Phi) is 7.50. The van der Waals surface area contributed by atoms with Crippen LogP contribution in [0.3, 0.4) is 0 Å². The van der Waals surface area contributed by atoms with Crippen molar-refractivity contribution in [1.29, 1.82) is 0 Å². The standard InChI is InChI=1S/C23H21BrN4O3/c1-15-6-8-21(10-16(15)2)31-14-23(30)28-25-13-17-11-20(7-9-22(17)29)27-26-19-5-3-4-18(24)12-19/h3-13,29H,14H2,1-2H3,(H,28,30)/b25-13+,27-26?. The van der Waals surface area contributed by atoms with Gasteiger partial charge >= 0.3 is 0 Å². The monoisotopic (exact) mass is 480 g/mol. The number of hydrazone groups is 1. The number of aryl methyl sites for hydroxylation is 2. The molecule has 7 nitrogen and oxygen atoms in total. The predicted octanol–water partition coefficient (Wildman–Crippen LogP) is 5.72. The maximum absolute atomic E-state index is 11.9. The molecule has 3 aromatic carbocycles. The topological polar surface area (TPSA) is 95.6 Å². The molecule has 0 unspecified atom stereocenters. The average Bonchev–Trinajstić information content (AvgIpc) is 2.75. The molecule has 3 rings (SSSR count). The van der Waals surface area contributed by atoms with Crippen molar-refractivity contribution in [2.45, 2.75) is 13.8 Å². The van der Waals surface area contributed by atoms with Crippen LogP contribution in [-0.4, -0.2) is 23.8 Å². The summed E-state index contributed by atoms with van der Waals surface area (Å²) in [6, 6.07) is 17.8. The van der Waals surface area contributed by atoms with Gasteiger partial charge in [0, 0.05) is 10.0 Å². The maximum Gasteiger partial charge on any atom is 0.277 e. The van der Waals surface area contributed by atoms with E-state index >= 15 is 0 Å². The van der Waals surface area contributed by atoms with Crippen LogP contribution in [0, 0.1) is 13.8 Å². The number of benzene rings is 3. The highest BCUT2D eigenvalue weighted by Gasteiger charge is 2.04. The van der Waals surface area contributed by atoms with Crippen molar-refractivity contribution in [3.05, 3.63) is 81.8 Å². The summed E-state index contributed by atoms with van der Waals surface area (Å²) in [5.74, 6) is 0.202. The first kappa shape index (κ1) is 22.2. The van der Waals surface area contributed by atoms with Crippen LogP contribution in [0.4, 0.5) is 11.4 Å². The van der Waals surface area contributed by atoms with Crippen molar-refractivity contribution in [1.82, 2.24) is 5.43 Å². The van der Waals surface area contributed by atoms with E-state index in [1.165, 1.54) is 12.3 Å². The Morgan fingerprint density at radius 1 is 1.03 bits per heavy atom. The summed E-state index contributed by atoms with van der Waals surface area (Å²) in [7, 11) is 0. The lowest BCUT2D eigenvalue weighted by Gasteiger charge is -2.07. The third kappa shape index (κ3) is 6.75. The number of aromatic hydroxyl groups is 1. The van der Waals surface area contributed by atoms with Gasteiger partial charge in [-0.1, -0.05) is 28.1 Å². The van der Waals surface area contributed by atoms with Gasteiger partial charge in [-0.2, -0.15) is 15.3 Å². The smallest absolute Gasteiger partial charge is 0.277 e. The number of rotatable bonds is 7. The van der Waals surface area contributed by atoms with E-state index in [4.69, 9.17) is 4.74 Å². The van der Waals surface area contributed by atoms with Crippen LogP contribution in [0.1, 0.15) is 16.7 Å². The first-order chi connectivity index (χ1) is 14.9. The molecular formula is C23H21BrN4O3. The lowest BCUT2D eigenvalue weighted by Crippen LogP contribution is -2.24. The van der Waals surface area contributed by atoms with Crippen LogP contribution in [0.15, 0.2) is 80.5 Å². The maximum atomic E-state index is 11.9. The quantitative estimate of drug-likeness (QED) is 0.257. The summed E-state index contributed by atoms with van der Waals surface area (Å²) in [4.78, 5) is 11.9. The summed E-state index contributed by atoms with van der Waals surface area (Å²) in [6.07, 6.45) is 1.33. The number of phenolic OH excluding ortho intramolecular Hbond substituents is 1. The number of hydrogen-bond donors (Lipinski definition) is 2. The van der Waals surface area contributed by atoms with Gasteiger partial charge in [-0.05, 0) is 73.5 Å². The van der Waals surface area contributed by atoms with Crippen molar-refractivity contribution < 1.29 is 14.6 Å². The Morgan fingerprint density at radius 3 is 2.55 bits per heavy atom. The molecule has 0 saturated carbocycles. The van der Waals surface area contributed by atoms with Crippen molar-refractivity contribution in [3.63, 3.8) is 0 Å². The number of nitrogens with one attached hydrogen (secondary N) is 1. The second-order valence-electron chi connectivity index (χ2n) is 6.75. The van der Waals surface area contributed by atoms with Crippen LogP contribution in [-0.2, 0) is 4.79 Å². The molecule has 0 atom stereocenters. The first-order valence-corrected chi connectivity index (χ1v) is 10.2. The normalized spacial score (nSPS) is 11.2. The third-order valence-corrected chi connectivity index (χ3v) is 4.83. The van der Waals surface area contributed by atoms with E-state index in [1.54, 1.807) is 12.1 Å². The lowest BCUT2D eigenvalue weighted by molar-refractivity contribution is -0.123. The van der Waals surface area contributed by atoms with Gasteiger partial charge in [0.1, 0.15) is 11.5 Å². The zero-order valence-corrected chi connectivity index (χ0v) is 18.6. The van der Waals surface area contributed by atoms with E-state index in [1.807, 2.05) is 56.3 Å². The molecule has 2 N–H and O–H groups in total. The zero-order valence-electron chi connectivity index (χ0n) is 17.0. The van der Waals surface area contributed by atoms with E-state index in [0.717, 1.165) is 15.6 Å². The van der Waals surface area contributed by atoms with Gasteiger partial charge in [-0.3, -0.25) is 4.79 Å². The zero-order chi connectivity index (χ0) is 22.2. The number of nitrogens with zero attached hydrogens (tertiary/aromatic N) is 3. The fourth-order valence-corrected chi connectivity index (χ4v) is 2.91. The van der Waals surface area contributed by atoms with Gasteiger partial charge in [0.2, 0.25) is 0 Å². The Balaban J connectivity index is 1.57. The summed E-state index contributed by atoms with van der Waals surface area (Å²) in [5.41, 5.74) is 6.22. The molecule has 3 aromatic rings. The second-order valence-corrected chi connectivity index (χ2v) is 7.67. The summed E-state index contributed by atoms with van der Waals surface area (Å²) in [6.45, 7) is 3.81. The van der Waals surface area contributed by atoms with Crippen molar-refractivity contribution in [2.24, 2.45) is 15.3 Å². The molecule has 0 radical (unpaired) electrons. The summed E-state index contributed by atoms with van der Waals surface area (Å²) in [5, 5.41) is 22.2. The largest absolute Gasteiger partial charge is 0.507 e. The van der Waals surface area contributed by atoms with E-state index < -0.39 is 5.91 Å². The number of ether oxygens (including phenoxy) is 1.